The Balaban J connectivity index is 1.27. The number of fused-ring (bicyclic) bond motifs is 1. The minimum absolute atomic E-state index is 0.0552. The molecule has 290 valence electrons. The Bertz CT molecular complexity index is 1860. The zero-order valence-electron chi connectivity index (χ0n) is 31.0. The normalized spacial score (nSPS) is 26.6. The van der Waals surface area contributed by atoms with E-state index in [-0.39, 0.29) is 30.1 Å². The van der Waals surface area contributed by atoms with Crippen molar-refractivity contribution in [3.8, 4) is 11.5 Å². The molecule has 2 unspecified atom stereocenters. The molecule has 4 aromatic rings. The number of ether oxygens (including phenoxy) is 4. The third kappa shape index (κ3) is 7.95. The molecule has 0 aliphatic carbocycles. The van der Waals surface area contributed by atoms with Crippen molar-refractivity contribution < 1.29 is 49.3 Å². The number of hydrogen-bond acceptors (Lipinski definition) is 12. The van der Waals surface area contributed by atoms with Gasteiger partial charge >= 0.3 is 0 Å². The number of carbonyl (C=O) groups is 1. The van der Waals surface area contributed by atoms with Crippen LogP contribution in [0, 0.1) is 5.92 Å². The highest BCUT2D eigenvalue weighted by molar-refractivity contribution is 6.91. The fraction of sp³-hybridized carbons (Fsp3) is 0.462. The Morgan fingerprint density at radius 3 is 2.37 bits per heavy atom. The summed E-state index contributed by atoms with van der Waals surface area (Å²) in [5, 5.41) is 63.3. The molecule has 6 rings (SSSR count). The van der Waals surface area contributed by atoms with Crippen LogP contribution in [-0.4, -0.2) is 112 Å². The fourth-order valence-electron chi connectivity index (χ4n) is 7.83. The zero-order chi connectivity index (χ0) is 38.7. The van der Waals surface area contributed by atoms with Crippen molar-refractivity contribution in [2.75, 3.05) is 26.1 Å². The third-order valence-corrected chi connectivity index (χ3v) is 15.4. The maximum absolute atomic E-state index is 13.1. The van der Waals surface area contributed by atoms with E-state index < -0.39 is 50.8 Å². The van der Waals surface area contributed by atoms with E-state index in [1.165, 1.54) is 5.19 Å². The van der Waals surface area contributed by atoms with E-state index >= 15 is 0 Å². The van der Waals surface area contributed by atoms with Crippen LogP contribution in [0.2, 0.25) is 18.6 Å². The Morgan fingerprint density at radius 1 is 0.981 bits per heavy atom. The van der Waals surface area contributed by atoms with Crippen LogP contribution < -0.4 is 20.0 Å². The third-order valence-electron chi connectivity index (χ3n) is 11.1. The predicted molar refractivity (Wildman–Crippen MR) is 201 cm³/mol. The lowest BCUT2D eigenvalue weighted by Crippen LogP contribution is -2.60. The maximum atomic E-state index is 13.1. The van der Waals surface area contributed by atoms with E-state index in [1.807, 2.05) is 53.3 Å². The Kier molecular flexibility index (Phi) is 12.2. The first-order chi connectivity index (χ1) is 25.9. The molecule has 2 aliphatic rings. The Labute approximate surface area is 315 Å². The maximum Gasteiger partial charge on any atom is 0.256 e. The van der Waals surface area contributed by atoms with Crippen molar-refractivity contribution in [2.24, 2.45) is 5.92 Å². The zero-order valence-corrected chi connectivity index (χ0v) is 32.0. The molecule has 1 amide bonds. The molecule has 3 heterocycles. The highest BCUT2D eigenvalue weighted by Gasteiger charge is 2.48. The second-order valence-electron chi connectivity index (χ2n) is 14.7. The van der Waals surface area contributed by atoms with Gasteiger partial charge in [0.05, 0.1) is 39.5 Å². The number of rotatable bonds is 13. The van der Waals surface area contributed by atoms with E-state index in [1.54, 1.807) is 32.4 Å². The van der Waals surface area contributed by atoms with Crippen LogP contribution in [0.15, 0.2) is 79.0 Å². The van der Waals surface area contributed by atoms with Crippen LogP contribution >= 0.6 is 0 Å². The lowest BCUT2D eigenvalue weighted by atomic mass is 9.86. The molecule has 2 aliphatic heterocycles. The number of benzene rings is 3. The minimum atomic E-state index is -2.33. The van der Waals surface area contributed by atoms with Gasteiger partial charge in [-0.1, -0.05) is 72.9 Å². The van der Waals surface area contributed by atoms with Gasteiger partial charge in [-0.25, -0.2) is 0 Å². The molecule has 0 bridgehead atoms. The number of methoxy groups -OCH3 is 2. The van der Waals surface area contributed by atoms with E-state index in [4.69, 9.17) is 18.9 Å². The van der Waals surface area contributed by atoms with Crippen molar-refractivity contribution in [3.05, 3.63) is 95.8 Å². The number of hydrogen-bond donors (Lipinski definition) is 6. The lowest BCUT2D eigenvalue weighted by Gasteiger charge is -2.46. The molecule has 54 heavy (non-hydrogen) atoms. The smallest absolute Gasteiger partial charge is 0.256 e. The summed E-state index contributed by atoms with van der Waals surface area (Å²) in [5.74, 6) is 0.151. The number of amides is 1. The van der Waals surface area contributed by atoms with Gasteiger partial charge in [0.15, 0.2) is 12.4 Å². The number of aliphatic hydroxyl groups excluding tert-OH is 5. The van der Waals surface area contributed by atoms with Crippen molar-refractivity contribution in [1.82, 2.24) is 15.0 Å². The standard InChI is InChI=1S/C39H50N4O10Si/c1-22-35(51-3)27-19-24(40-38(48)37-33(46)32(45)34(47)39(49)53-37)11-16-30(27)52-36(22)31(54(4,5)26-14-12-25(50-2)13-15-26)17-18-43-20-29(41-42-43)28(21-44)23-9-7-6-8-10-23/h6-16,19-20,22,28,31-37,39,44-47,49H,17-18,21H2,1-5H3,(H,40,48)/t22-,28?,31?,32+,33+,34-,35-,36-,37+,39-/m1/s1. The number of aliphatic hydroxyl groups is 5. The predicted octanol–water partition coefficient (Wildman–Crippen LogP) is 2.31. The largest absolute Gasteiger partial charge is 0.497 e. The summed E-state index contributed by atoms with van der Waals surface area (Å²) < 4.78 is 25.5. The number of nitrogens with zero attached hydrogens (tertiary/aromatic N) is 3. The summed E-state index contributed by atoms with van der Waals surface area (Å²) in [5.41, 5.74) is 2.80. The van der Waals surface area contributed by atoms with Crippen LogP contribution in [0.3, 0.4) is 0 Å². The van der Waals surface area contributed by atoms with E-state index in [2.05, 4.69) is 47.8 Å². The lowest BCUT2D eigenvalue weighted by molar-refractivity contribution is -0.274. The molecular weight excluding hydrogens is 713 g/mol. The van der Waals surface area contributed by atoms with Crippen molar-refractivity contribution in [3.63, 3.8) is 0 Å². The van der Waals surface area contributed by atoms with E-state index in [0.29, 0.717) is 30.1 Å². The highest BCUT2D eigenvalue weighted by Crippen LogP contribution is 2.48. The first kappa shape index (κ1) is 39.5. The average molecular weight is 763 g/mol. The molecule has 1 fully saturated rings. The summed E-state index contributed by atoms with van der Waals surface area (Å²) >= 11 is 0. The van der Waals surface area contributed by atoms with Gasteiger partial charge in [-0.15, -0.1) is 5.10 Å². The van der Waals surface area contributed by atoms with Gasteiger partial charge in [0.1, 0.15) is 35.9 Å². The van der Waals surface area contributed by atoms with Crippen LogP contribution in [0.4, 0.5) is 5.69 Å². The van der Waals surface area contributed by atoms with Crippen LogP contribution in [0.5, 0.6) is 11.5 Å². The van der Waals surface area contributed by atoms with Crippen molar-refractivity contribution in [1.29, 1.82) is 0 Å². The number of aryl methyl sites for hydroxylation is 1. The molecule has 14 nitrogen and oxygen atoms in total. The van der Waals surface area contributed by atoms with Gasteiger partial charge in [0, 0.05) is 37.0 Å². The molecule has 10 atom stereocenters. The quantitative estimate of drug-likeness (QED) is 0.109. The number of anilines is 1. The highest BCUT2D eigenvalue weighted by atomic mass is 28.3. The molecular formula is C39H50N4O10Si. The summed E-state index contributed by atoms with van der Waals surface area (Å²) in [6, 6.07) is 23.2. The second-order valence-corrected chi connectivity index (χ2v) is 19.4. The molecule has 1 saturated heterocycles. The monoisotopic (exact) mass is 762 g/mol. The molecule has 15 heteroatoms. The van der Waals surface area contributed by atoms with Crippen LogP contribution in [0.1, 0.15) is 42.2 Å². The molecule has 3 aromatic carbocycles. The number of carbonyl (C=O) groups excluding carboxylic acids is 1. The fourth-order valence-corrected chi connectivity index (χ4v) is 11.3. The van der Waals surface area contributed by atoms with Gasteiger partial charge < -0.3 is 49.8 Å². The summed E-state index contributed by atoms with van der Waals surface area (Å²) in [7, 11) is 0.957. The Morgan fingerprint density at radius 2 is 1.70 bits per heavy atom. The van der Waals surface area contributed by atoms with E-state index in [9.17, 15) is 30.3 Å². The van der Waals surface area contributed by atoms with Crippen molar-refractivity contribution >= 4 is 24.9 Å². The van der Waals surface area contributed by atoms with Crippen LogP contribution in [-0.2, 0) is 20.8 Å². The summed E-state index contributed by atoms with van der Waals surface area (Å²) in [4.78, 5) is 13.1. The summed E-state index contributed by atoms with van der Waals surface area (Å²) in [6.45, 7) is 7.24. The van der Waals surface area contributed by atoms with Gasteiger partial charge in [-0.3, -0.25) is 9.48 Å². The molecule has 6 N–H and O–H groups in total. The first-order valence-electron chi connectivity index (χ1n) is 18.1. The minimum Gasteiger partial charge on any atom is -0.497 e. The first-order valence-corrected chi connectivity index (χ1v) is 21.2. The average Bonchev–Trinajstić information content (AvgIpc) is 3.64. The van der Waals surface area contributed by atoms with Gasteiger partial charge in [0.2, 0.25) is 0 Å². The van der Waals surface area contributed by atoms with Crippen molar-refractivity contribution in [2.45, 2.75) is 87.4 Å². The molecule has 0 saturated carbocycles. The van der Waals surface area contributed by atoms with Gasteiger partial charge in [-0.05, 0) is 47.9 Å². The van der Waals surface area contributed by atoms with E-state index in [0.717, 1.165) is 16.9 Å². The molecule has 1 aromatic heterocycles. The number of aromatic nitrogens is 3. The Hall–Kier alpha value is -4.19. The topological polar surface area (TPSA) is 198 Å². The molecule has 0 spiro atoms. The van der Waals surface area contributed by atoms with Gasteiger partial charge in [-0.2, -0.15) is 0 Å². The second kappa shape index (κ2) is 16.7. The SMILES string of the molecule is COc1ccc([Si](C)(C)C(CCn2cc(C(CO)c3ccccc3)nn2)[C@@H]2Oc3ccc(NC(=O)[C@H]4O[C@@H](O)[C@H](O)[C@@H](O)[C@@H]4O)cc3[C@H](OC)[C@H]2C)cc1. The molecule has 0 radical (unpaired) electrons. The van der Waals surface area contributed by atoms with Crippen LogP contribution in [0.25, 0.3) is 0 Å². The number of nitrogens with one attached hydrogen (secondary N) is 1. The summed E-state index contributed by atoms with van der Waals surface area (Å²) in [6.07, 6.45) is -6.81. The van der Waals surface area contributed by atoms with Gasteiger partial charge in [0.25, 0.3) is 5.91 Å².